The molecule has 0 unspecified atom stereocenters. The van der Waals surface area contributed by atoms with Crippen molar-refractivity contribution in [3.8, 4) is 0 Å². The summed E-state index contributed by atoms with van der Waals surface area (Å²) < 4.78 is 4.67. The van der Waals surface area contributed by atoms with Crippen LogP contribution in [0.15, 0.2) is 47.4 Å². The van der Waals surface area contributed by atoms with Crippen LogP contribution in [-0.2, 0) is 11.3 Å². The zero-order valence-electron chi connectivity index (χ0n) is 10.5. The Morgan fingerprint density at radius 2 is 2.05 bits per heavy atom. The maximum absolute atomic E-state index is 11.6. The molecule has 0 spiro atoms. The van der Waals surface area contributed by atoms with E-state index >= 15 is 0 Å². The number of ether oxygens (including phenoxy) is 1. The zero-order valence-corrected chi connectivity index (χ0v) is 10.5. The van der Waals surface area contributed by atoms with Gasteiger partial charge in [-0.15, -0.1) is 0 Å². The predicted octanol–water partition coefficient (Wildman–Crippen LogP) is 1.77. The Morgan fingerprint density at radius 1 is 1.32 bits per heavy atom. The molecule has 0 bridgehead atoms. The first kappa shape index (κ1) is 12.9. The molecule has 0 atom stereocenters. The lowest BCUT2D eigenvalue weighted by Crippen LogP contribution is -2.14. The number of rotatable bonds is 4. The molecule has 5 nitrogen and oxygen atoms in total. The summed E-state index contributed by atoms with van der Waals surface area (Å²) >= 11 is 0. The third-order valence-electron chi connectivity index (χ3n) is 2.66. The van der Waals surface area contributed by atoms with E-state index in [0.29, 0.717) is 17.8 Å². The molecule has 2 N–H and O–H groups in total. The third kappa shape index (κ3) is 3.22. The molecular weight excluding hydrogens is 244 g/mol. The molecule has 0 saturated carbocycles. The van der Waals surface area contributed by atoms with Crippen molar-refractivity contribution >= 4 is 11.7 Å². The summed E-state index contributed by atoms with van der Waals surface area (Å²) in [5.74, 6) is -0.494. The number of anilines is 1. The number of pyridine rings is 1. The van der Waals surface area contributed by atoms with Crippen LogP contribution >= 0.6 is 0 Å². The minimum Gasteiger partial charge on any atom is -0.465 e. The quantitative estimate of drug-likeness (QED) is 0.820. The summed E-state index contributed by atoms with van der Waals surface area (Å²) in [6, 6.07) is 11.0. The minimum absolute atomic E-state index is 0.275. The number of nitrogens with one attached hydrogen (secondary N) is 2. The molecule has 0 radical (unpaired) electrons. The van der Waals surface area contributed by atoms with Crippen LogP contribution in [0.4, 0.5) is 5.69 Å². The summed E-state index contributed by atoms with van der Waals surface area (Å²) in [7, 11) is 1.30. The van der Waals surface area contributed by atoms with Gasteiger partial charge in [0.25, 0.3) is 0 Å². The molecule has 0 aliphatic rings. The predicted molar refractivity (Wildman–Crippen MR) is 72.2 cm³/mol. The van der Waals surface area contributed by atoms with Gasteiger partial charge in [0.1, 0.15) is 0 Å². The fourth-order valence-electron chi connectivity index (χ4n) is 1.69. The van der Waals surface area contributed by atoms with Crippen molar-refractivity contribution in [2.24, 2.45) is 0 Å². The Kier molecular flexibility index (Phi) is 3.97. The van der Waals surface area contributed by atoms with Gasteiger partial charge in [-0.2, -0.15) is 0 Å². The molecule has 0 amide bonds. The standard InChI is InChI=1S/C14H14N2O3/c1-19-14(18)11-9-16-13(17)7-12(11)15-8-10-5-3-2-4-6-10/h2-7,9H,8H2,1H3,(H2,15,16,17). The number of hydrogen-bond acceptors (Lipinski definition) is 4. The number of aromatic nitrogens is 1. The van der Waals surface area contributed by atoms with Crippen LogP contribution in [0.1, 0.15) is 15.9 Å². The normalized spacial score (nSPS) is 9.95. The molecule has 5 heteroatoms. The molecule has 98 valence electrons. The van der Waals surface area contributed by atoms with E-state index in [1.54, 1.807) is 0 Å². The van der Waals surface area contributed by atoms with Crippen LogP contribution in [0.25, 0.3) is 0 Å². The number of methoxy groups -OCH3 is 1. The molecule has 0 fully saturated rings. The van der Waals surface area contributed by atoms with Crippen molar-refractivity contribution in [2.45, 2.75) is 6.54 Å². The van der Waals surface area contributed by atoms with Crippen LogP contribution in [-0.4, -0.2) is 18.1 Å². The number of aromatic amines is 1. The van der Waals surface area contributed by atoms with Crippen molar-refractivity contribution in [1.29, 1.82) is 0 Å². The average Bonchev–Trinajstić information content (AvgIpc) is 2.45. The number of carbonyl (C=O) groups is 1. The minimum atomic E-state index is -0.494. The second-order valence-electron chi connectivity index (χ2n) is 3.96. The summed E-state index contributed by atoms with van der Waals surface area (Å²) in [5, 5.41) is 3.06. The molecule has 2 rings (SSSR count). The van der Waals surface area contributed by atoms with Crippen molar-refractivity contribution in [3.05, 3.63) is 64.1 Å². The van der Waals surface area contributed by atoms with Gasteiger partial charge in [-0.05, 0) is 5.56 Å². The molecule has 19 heavy (non-hydrogen) atoms. The molecule has 0 aliphatic heterocycles. The number of hydrogen-bond donors (Lipinski definition) is 2. The van der Waals surface area contributed by atoms with Gasteiger partial charge >= 0.3 is 5.97 Å². The summed E-state index contributed by atoms with van der Waals surface area (Å²) in [6.45, 7) is 0.522. The van der Waals surface area contributed by atoms with Crippen molar-refractivity contribution < 1.29 is 9.53 Å². The lowest BCUT2D eigenvalue weighted by atomic mass is 10.2. The molecule has 1 heterocycles. The van der Waals surface area contributed by atoms with E-state index in [1.807, 2.05) is 30.3 Å². The van der Waals surface area contributed by atoms with Crippen molar-refractivity contribution in [2.75, 3.05) is 12.4 Å². The number of H-pyrrole nitrogens is 1. The van der Waals surface area contributed by atoms with Crippen LogP contribution in [0, 0.1) is 0 Å². The summed E-state index contributed by atoms with van der Waals surface area (Å²) in [6.07, 6.45) is 1.35. The van der Waals surface area contributed by atoms with Gasteiger partial charge in [-0.1, -0.05) is 30.3 Å². The number of benzene rings is 1. The Labute approximate surface area is 110 Å². The van der Waals surface area contributed by atoms with E-state index in [0.717, 1.165) is 5.56 Å². The van der Waals surface area contributed by atoms with Crippen LogP contribution in [0.2, 0.25) is 0 Å². The number of esters is 1. The van der Waals surface area contributed by atoms with Gasteiger partial charge in [0.05, 0.1) is 18.4 Å². The summed E-state index contributed by atoms with van der Waals surface area (Å²) in [4.78, 5) is 25.3. The first-order chi connectivity index (χ1) is 9.20. The number of carbonyl (C=O) groups excluding carboxylic acids is 1. The fourth-order valence-corrected chi connectivity index (χ4v) is 1.69. The van der Waals surface area contributed by atoms with Crippen molar-refractivity contribution in [1.82, 2.24) is 4.98 Å². The first-order valence-corrected chi connectivity index (χ1v) is 5.79. The maximum atomic E-state index is 11.6. The SMILES string of the molecule is COC(=O)c1c[nH]c(=O)cc1NCc1ccccc1. The highest BCUT2D eigenvalue weighted by atomic mass is 16.5. The Hall–Kier alpha value is -2.56. The van der Waals surface area contributed by atoms with Crippen LogP contribution in [0.5, 0.6) is 0 Å². The van der Waals surface area contributed by atoms with Gasteiger partial charge in [-0.3, -0.25) is 4.79 Å². The van der Waals surface area contributed by atoms with Crippen molar-refractivity contribution in [3.63, 3.8) is 0 Å². The van der Waals surface area contributed by atoms with Gasteiger partial charge in [-0.25, -0.2) is 4.79 Å². The molecule has 1 aromatic heterocycles. The van der Waals surface area contributed by atoms with Gasteiger partial charge in [0.15, 0.2) is 0 Å². The first-order valence-electron chi connectivity index (χ1n) is 5.79. The average molecular weight is 258 g/mol. The van der Waals surface area contributed by atoms with Crippen LogP contribution < -0.4 is 10.9 Å². The molecule has 0 saturated heterocycles. The van der Waals surface area contributed by atoms with Gasteiger partial charge in [0.2, 0.25) is 5.56 Å². The highest BCUT2D eigenvalue weighted by molar-refractivity contribution is 5.95. The van der Waals surface area contributed by atoms with E-state index in [2.05, 4.69) is 15.0 Å². The van der Waals surface area contributed by atoms with E-state index in [9.17, 15) is 9.59 Å². The second kappa shape index (κ2) is 5.86. The Morgan fingerprint density at radius 3 is 2.74 bits per heavy atom. The van der Waals surface area contributed by atoms with Gasteiger partial charge < -0.3 is 15.0 Å². The smallest absolute Gasteiger partial charge is 0.341 e. The van der Waals surface area contributed by atoms with Crippen LogP contribution in [0.3, 0.4) is 0 Å². The molecule has 2 aromatic rings. The second-order valence-corrected chi connectivity index (χ2v) is 3.96. The lowest BCUT2D eigenvalue weighted by molar-refractivity contribution is 0.0601. The molecule has 1 aromatic carbocycles. The zero-order chi connectivity index (χ0) is 13.7. The molecule has 0 aliphatic carbocycles. The van der Waals surface area contributed by atoms with E-state index in [4.69, 9.17) is 0 Å². The van der Waals surface area contributed by atoms with Gasteiger partial charge in [0, 0.05) is 18.8 Å². The van der Waals surface area contributed by atoms with E-state index in [1.165, 1.54) is 19.4 Å². The third-order valence-corrected chi connectivity index (χ3v) is 2.66. The Bertz CT molecular complexity index is 620. The monoisotopic (exact) mass is 258 g/mol. The van der Waals surface area contributed by atoms with E-state index in [-0.39, 0.29) is 5.56 Å². The van der Waals surface area contributed by atoms with E-state index < -0.39 is 5.97 Å². The lowest BCUT2D eigenvalue weighted by Gasteiger charge is -2.10. The molecular formula is C14H14N2O3. The largest absolute Gasteiger partial charge is 0.465 e. The Balaban J connectivity index is 2.21. The maximum Gasteiger partial charge on any atom is 0.341 e. The summed E-state index contributed by atoms with van der Waals surface area (Å²) in [5.41, 5.74) is 1.54. The topological polar surface area (TPSA) is 71.2 Å². The highest BCUT2D eigenvalue weighted by Gasteiger charge is 2.12. The fraction of sp³-hybridized carbons (Fsp3) is 0.143. The highest BCUT2D eigenvalue weighted by Crippen LogP contribution is 2.14.